The van der Waals surface area contributed by atoms with E-state index in [4.69, 9.17) is 49.6 Å². The van der Waals surface area contributed by atoms with Gasteiger partial charge in [-0.25, -0.2) is 0 Å². The van der Waals surface area contributed by atoms with Crippen LogP contribution in [0.15, 0.2) is 60.8 Å². The number of aromatic nitrogens is 1. The first-order chi connectivity index (χ1) is 17.6. The number of carbonyl (C=O) groups excluding carboxylic acids is 2. The third kappa shape index (κ3) is 7.51. The Kier molecular flexibility index (Phi) is 10.0. The highest BCUT2D eigenvalue weighted by atomic mass is 35.5. The minimum absolute atomic E-state index is 0.127. The van der Waals surface area contributed by atoms with E-state index < -0.39 is 24.0 Å². The van der Waals surface area contributed by atoms with Crippen molar-refractivity contribution in [2.75, 3.05) is 7.11 Å². The lowest BCUT2D eigenvalue weighted by molar-refractivity contribution is -0.153. The van der Waals surface area contributed by atoms with E-state index in [2.05, 4.69) is 4.98 Å². The lowest BCUT2D eigenvalue weighted by Crippen LogP contribution is -2.28. The predicted molar refractivity (Wildman–Crippen MR) is 148 cm³/mol. The SMILES string of the molecule is COc1ccnc(C(=S)C[C@@H](C)C(=O)O[C@@H](C)C(c2ccc(Cl)cc2)c2ccc(Cl)cc2)c1OC(C)=O. The molecule has 3 rings (SSSR count). The van der Waals surface area contributed by atoms with E-state index >= 15 is 0 Å². The number of esters is 2. The first kappa shape index (κ1) is 28.6. The molecule has 0 amide bonds. The molecule has 0 saturated carbocycles. The Bertz CT molecular complexity index is 1220. The molecule has 0 radical (unpaired) electrons. The van der Waals surface area contributed by atoms with Crippen LogP contribution in [0.25, 0.3) is 0 Å². The highest BCUT2D eigenvalue weighted by Crippen LogP contribution is 2.33. The Morgan fingerprint density at radius 1 is 0.946 bits per heavy atom. The van der Waals surface area contributed by atoms with Crippen LogP contribution in [-0.2, 0) is 14.3 Å². The molecule has 2 atom stereocenters. The average Bonchev–Trinajstić information content (AvgIpc) is 2.86. The highest BCUT2D eigenvalue weighted by molar-refractivity contribution is 7.80. The summed E-state index contributed by atoms with van der Waals surface area (Å²) in [6, 6.07) is 16.4. The van der Waals surface area contributed by atoms with Gasteiger partial charge in [0.25, 0.3) is 0 Å². The summed E-state index contributed by atoms with van der Waals surface area (Å²) in [7, 11) is 1.45. The van der Waals surface area contributed by atoms with Gasteiger partial charge in [0, 0.05) is 40.0 Å². The number of hydrogen-bond donors (Lipinski definition) is 0. The second kappa shape index (κ2) is 13.0. The normalized spacial score (nSPS) is 12.5. The zero-order chi connectivity index (χ0) is 27.1. The molecular formula is C28H27Cl2NO5S. The van der Waals surface area contributed by atoms with Crippen molar-refractivity contribution in [3.63, 3.8) is 0 Å². The van der Waals surface area contributed by atoms with E-state index in [0.717, 1.165) is 11.1 Å². The van der Waals surface area contributed by atoms with Crippen LogP contribution in [0, 0.1) is 5.92 Å². The molecule has 0 spiro atoms. The molecule has 3 aromatic rings. The first-order valence-electron chi connectivity index (χ1n) is 11.6. The summed E-state index contributed by atoms with van der Waals surface area (Å²) in [6.07, 6.45) is 1.17. The summed E-state index contributed by atoms with van der Waals surface area (Å²) in [5.41, 5.74) is 2.17. The third-order valence-electron chi connectivity index (χ3n) is 5.72. The number of halogens is 2. The van der Waals surface area contributed by atoms with Gasteiger partial charge in [0.1, 0.15) is 11.8 Å². The van der Waals surface area contributed by atoms with Crippen LogP contribution < -0.4 is 9.47 Å². The number of benzene rings is 2. The number of carbonyl (C=O) groups is 2. The standard InChI is InChI=1S/C28H27Cl2NO5S/c1-16(15-24(37)26-27(36-18(3)32)23(34-4)13-14-31-26)28(33)35-17(2)25(19-5-9-21(29)10-6-19)20-7-11-22(30)12-8-20/h5-14,16-17,25H,15H2,1-4H3/t16-,17+/m1/s1. The van der Waals surface area contributed by atoms with E-state index in [1.807, 2.05) is 31.2 Å². The summed E-state index contributed by atoms with van der Waals surface area (Å²) in [5.74, 6) is -1.33. The van der Waals surface area contributed by atoms with Crippen LogP contribution in [0.1, 0.15) is 49.9 Å². The lowest BCUT2D eigenvalue weighted by Gasteiger charge is -2.26. The molecule has 0 bridgehead atoms. The summed E-state index contributed by atoms with van der Waals surface area (Å²) in [4.78, 5) is 29.3. The minimum atomic E-state index is -0.579. The lowest BCUT2D eigenvalue weighted by atomic mass is 9.87. The molecule has 0 aliphatic carbocycles. The molecule has 0 fully saturated rings. The maximum atomic E-state index is 13.1. The molecule has 37 heavy (non-hydrogen) atoms. The van der Waals surface area contributed by atoms with Crippen LogP contribution >= 0.6 is 35.4 Å². The van der Waals surface area contributed by atoms with Gasteiger partial charge >= 0.3 is 11.9 Å². The Hall–Kier alpha value is -3.00. The quantitative estimate of drug-likeness (QED) is 0.153. The van der Waals surface area contributed by atoms with Crippen LogP contribution in [0.5, 0.6) is 11.5 Å². The molecule has 0 N–H and O–H groups in total. The Labute approximate surface area is 231 Å². The van der Waals surface area contributed by atoms with Crippen molar-refractivity contribution in [1.82, 2.24) is 4.98 Å². The highest BCUT2D eigenvalue weighted by Gasteiger charge is 2.28. The summed E-state index contributed by atoms with van der Waals surface area (Å²) in [5, 5.41) is 1.23. The maximum absolute atomic E-state index is 13.1. The van der Waals surface area contributed by atoms with Crippen molar-refractivity contribution < 1.29 is 23.8 Å². The molecular weight excluding hydrogens is 533 g/mol. The van der Waals surface area contributed by atoms with E-state index in [1.54, 1.807) is 37.3 Å². The molecule has 0 aliphatic heterocycles. The first-order valence-corrected chi connectivity index (χ1v) is 12.7. The topological polar surface area (TPSA) is 74.7 Å². The Morgan fingerprint density at radius 2 is 1.49 bits per heavy atom. The molecule has 6 nitrogen and oxygen atoms in total. The number of rotatable bonds is 10. The average molecular weight is 560 g/mol. The second-order valence-electron chi connectivity index (χ2n) is 8.54. The van der Waals surface area contributed by atoms with Gasteiger partial charge in [-0.15, -0.1) is 0 Å². The largest absolute Gasteiger partial charge is 0.493 e. The number of pyridine rings is 1. The van der Waals surface area contributed by atoms with Crippen molar-refractivity contribution in [1.29, 1.82) is 0 Å². The van der Waals surface area contributed by atoms with Crippen molar-refractivity contribution >= 4 is 52.2 Å². The molecule has 194 valence electrons. The summed E-state index contributed by atoms with van der Waals surface area (Å²) < 4.78 is 16.5. The Balaban J connectivity index is 1.78. The number of ether oxygens (including phenoxy) is 3. The van der Waals surface area contributed by atoms with Crippen LogP contribution in [0.4, 0.5) is 0 Å². The molecule has 2 aromatic carbocycles. The van der Waals surface area contributed by atoms with Gasteiger partial charge < -0.3 is 14.2 Å². The summed E-state index contributed by atoms with van der Waals surface area (Å²) >= 11 is 17.7. The molecule has 1 heterocycles. The van der Waals surface area contributed by atoms with Gasteiger partial charge in [-0.05, 0) is 48.7 Å². The van der Waals surface area contributed by atoms with E-state index in [9.17, 15) is 9.59 Å². The van der Waals surface area contributed by atoms with Gasteiger partial charge in [0.05, 0.1) is 13.0 Å². The van der Waals surface area contributed by atoms with Crippen LogP contribution in [0.2, 0.25) is 10.0 Å². The zero-order valence-corrected chi connectivity index (χ0v) is 23.2. The van der Waals surface area contributed by atoms with E-state index in [1.165, 1.54) is 20.2 Å². The molecule has 1 aromatic heterocycles. The third-order valence-corrected chi connectivity index (χ3v) is 6.59. The number of methoxy groups -OCH3 is 1. The molecule has 9 heteroatoms. The summed E-state index contributed by atoms with van der Waals surface area (Å²) in [6.45, 7) is 4.85. The predicted octanol–water partition coefficient (Wildman–Crippen LogP) is 6.83. The number of nitrogens with zero attached hydrogens (tertiary/aromatic N) is 1. The fourth-order valence-electron chi connectivity index (χ4n) is 3.93. The van der Waals surface area contributed by atoms with Gasteiger partial charge in [-0.1, -0.05) is 66.6 Å². The van der Waals surface area contributed by atoms with Gasteiger partial charge in [0.2, 0.25) is 0 Å². The van der Waals surface area contributed by atoms with Crippen molar-refractivity contribution in [3.8, 4) is 11.5 Å². The zero-order valence-electron chi connectivity index (χ0n) is 20.9. The van der Waals surface area contributed by atoms with Crippen molar-refractivity contribution in [2.45, 2.75) is 39.2 Å². The molecule has 0 aliphatic rings. The molecule has 0 unspecified atom stereocenters. The van der Waals surface area contributed by atoms with Gasteiger partial charge in [-0.2, -0.15) is 0 Å². The molecule has 0 saturated heterocycles. The maximum Gasteiger partial charge on any atom is 0.309 e. The Morgan fingerprint density at radius 3 is 1.97 bits per heavy atom. The monoisotopic (exact) mass is 559 g/mol. The number of thiocarbonyl (C=S) groups is 1. The minimum Gasteiger partial charge on any atom is -0.493 e. The van der Waals surface area contributed by atoms with Crippen molar-refractivity contribution in [3.05, 3.63) is 87.7 Å². The smallest absolute Gasteiger partial charge is 0.309 e. The van der Waals surface area contributed by atoms with Crippen LogP contribution in [-0.4, -0.2) is 35.0 Å². The van der Waals surface area contributed by atoms with Gasteiger partial charge in [-0.3, -0.25) is 14.6 Å². The second-order valence-corrected chi connectivity index (χ2v) is 9.90. The van der Waals surface area contributed by atoms with Crippen molar-refractivity contribution in [2.24, 2.45) is 5.92 Å². The number of hydrogen-bond acceptors (Lipinski definition) is 7. The fraction of sp³-hybridized carbons (Fsp3) is 0.286. The van der Waals surface area contributed by atoms with E-state index in [-0.39, 0.29) is 23.8 Å². The van der Waals surface area contributed by atoms with E-state index in [0.29, 0.717) is 20.7 Å². The van der Waals surface area contributed by atoms with Gasteiger partial charge in [0.15, 0.2) is 11.5 Å². The fourth-order valence-corrected chi connectivity index (χ4v) is 4.58. The van der Waals surface area contributed by atoms with Crippen LogP contribution in [0.3, 0.4) is 0 Å².